The van der Waals surface area contributed by atoms with Crippen LogP contribution in [0.25, 0.3) is 0 Å². The lowest BCUT2D eigenvalue weighted by Gasteiger charge is -2.08. The highest BCUT2D eigenvalue weighted by molar-refractivity contribution is 5.32. The number of hydrogen-bond acceptors (Lipinski definition) is 5. The van der Waals surface area contributed by atoms with Gasteiger partial charge in [-0.25, -0.2) is 9.97 Å². The zero-order valence-electron chi connectivity index (χ0n) is 11.7. The van der Waals surface area contributed by atoms with E-state index in [2.05, 4.69) is 16.9 Å². The maximum absolute atomic E-state index is 5.90. The SMILES string of the molecule is CCC(N)Cc1cnc(Oc2ccc(OC)cc2)nc1. The lowest BCUT2D eigenvalue weighted by molar-refractivity contribution is 0.410. The van der Waals surface area contributed by atoms with Crippen molar-refractivity contribution in [3.05, 3.63) is 42.2 Å². The van der Waals surface area contributed by atoms with Gasteiger partial charge in [0.1, 0.15) is 11.5 Å². The van der Waals surface area contributed by atoms with Crippen molar-refractivity contribution in [2.24, 2.45) is 5.73 Å². The Balaban J connectivity index is 1.99. The molecule has 2 N–H and O–H groups in total. The Morgan fingerprint density at radius 2 is 1.70 bits per heavy atom. The fourth-order valence-electron chi connectivity index (χ4n) is 1.70. The minimum Gasteiger partial charge on any atom is -0.497 e. The number of rotatable bonds is 6. The van der Waals surface area contributed by atoms with Gasteiger partial charge in [-0.2, -0.15) is 0 Å². The van der Waals surface area contributed by atoms with Crippen molar-refractivity contribution < 1.29 is 9.47 Å². The van der Waals surface area contributed by atoms with E-state index in [0.717, 1.165) is 24.2 Å². The van der Waals surface area contributed by atoms with Crippen molar-refractivity contribution in [1.82, 2.24) is 9.97 Å². The van der Waals surface area contributed by atoms with Crippen molar-refractivity contribution >= 4 is 0 Å². The van der Waals surface area contributed by atoms with Crippen LogP contribution >= 0.6 is 0 Å². The molecule has 1 unspecified atom stereocenters. The summed E-state index contributed by atoms with van der Waals surface area (Å²) in [6.07, 6.45) is 5.21. The normalized spacial score (nSPS) is 11.9. The molecule has 0 aliphatic heterocycles. The molecule has 0 radical (unpaired) electrons. The topological polar surface area (TPSA) is 70.3 Å². The van der Waals surface area contributed by atoms with E-state index in [1.165, 1.54) is 0 Å². The van der Waals surface area contributed by atoms with Crippen LogP contribution in [0.1, 0.15) is 18.9 Å². The van der Waals surface area contributed by atoms with Crippen LogP contribution in [-0.2, 0) is 6.42 Å². The van der Waals surface area contributed by atoms with Gasteiger partial charge < -0.3 is 15.2 Å². The lowest BCUT2D eigenvalue weighted by atomic mass is 10.1. The first-order valence-corrected chi connectivity index (χ1v) is 6.59. The molecule has 20 heavy (non-hydrogen) atoms. The summed E-state index contributed by atoms with van der Waals surface area (Å²) in [6.45, 7) is 2.06. The van der Waals surface area contributed by atoms with E-state index < -0.39 is 0 Å². The summed E-state index contributed by atoms with van der Waals surface area (Å²) in [5, 5.41) is 0. The molecule has 0 spiro atoms. The van der Waals surface area contributed by atoms with Crippen molar-refractivity contribution in [2.75, 3.05) is 7.11 Å². The van der Waals surface area contributed by atoms with Gasteiger partial charge in [0, 0.05) is 18.4 Å². The number of nitrogens with two attached hydrogens (primary N) is 1. The molecule has 0 saturated carbocycles. The smallest absolute Gasteiger partial charge is 0.321 e. The third kappa shape index (κ3) is 3.93. The second kappa shape index (κ2) is 6.86. The summed E-state index contributed by atoms with van der Waals surface area (Å²) in [5.41, 5.74) is 6.91. The Morgan fingerprint density at radius 3 is 2.25 bits per heavy atom. The van der Waals surface area contributed by atoms with Gasteiger partial charge in [0.05, 0.1) is 7.11 Å². The molecule has 0 fully saturated rings. The van der Waals surface area contributed by atoms with Crippen LogP contribution in [0.2, 0.25) is 0 Å². The average Bonchev–Trinajstić information content (AvgIpc) is 2.50. The van der Waals surface area contributed by atoms with Crippen LogP contribution in [0.5, 0.6) is 17.5 Å². The van der Waals surface area contributed by atoms with Gasteiger partial charge in [0.2, 0.25) is 0 Å². The van der Waals surface area contributed by atoms with E-state index in [1.54, 1.807) is 19.5 Å². The second-order valence-corrected chi connectivity index (χ2v) is 4.52. The van der Waals surface area contributed by atoms with Crippen molar-refractivity contribution in [3.63, 3.8) is 0 Å². The minimum atomic E-state index is 0.145. The maximum atomic E-state index is 5.90. The fourth-order valence-corrected chi connectivity index (χ4v) is 1.70. The van der Waals surface area contributed by atoms with Gasteiger partial charge in [-0.1, -0.05) is 6.92 Å². The number of ether oxygens (including phenoxy) is 2. The average molecular weight is 273 g/mol. The van der Waals surface area contributed by atoms with E-state index in [4.69, 9.17) is 15.2 Å². The predicted octanol–water partition coefficient (Wildman–Crippen LogP) is 2.56. The number of hydrogen-bond donors (Lipinski definition) is 1. The molecule has 5 nitrogen and oxygen atoms in total. The molecule has 0 saturated heterocycles. The lowest BCUT2D eigenvalue weighted by Crippen LogP contribution is -2.21. The molecule has 0 amide bonds. The van der Waals surface area contributed by atoms with Crippen molar-refractivity contribution in [3.8, 4) is 17.5 Å². The summed E-state index contributed by atoms with van der Waals surface area (Å²) < 4.78 is 10.6. The Morgan fingerprint density at radius 1 is 1.10 bits per heavy atom. The second-order valence-electron chi connectivity index (χ2n) is 4.52. The van der Waals surface area contributed by atoms with E-state index in [0.29, 0.717) is 11.8 Å². The molecule has 2 aromatic rings. The molecule has 2 rings (SSSR count). The van der Waals surface area contributed by atoms with Crippen LogP contribution in [0.4, 0.5) is 0 Å². The first-order valence-electron chi connectivity index (χ1n) is 6.59. The van der Waals surface area contributed by atoms with E-state index >= 15 is 0 Å². The molecule has 1 aromatic carbocycles. The Hall–Kier alpha value is -2.14. The Kier molecular flexibility index (Phi) is 4.90. The van der Waals surface area contributed by atoms with Crippen LogP contribution < -0.4 is 15.2 Å². The Labute approximate surface area is 118 Å². The number of methoxy groups -OCH3 is 1. The first kappa shape index (κ1) is 14.3. The third-order valence-electron chi connectivity index (χ3n) is 2.97. The fraction of sp³-hybridized carbons (Fsp3) is 0.333. The molecule has 5 heteroatoms. The third-order valence-corrected chi connectivity index (χ3v) is 2.97. The first-order chi connectivity index (χ1) is 9.71. The molecule has 0 aliphatic rings. The summed E-state index contributed by atoms with van der Waals surface area (Å²) in [7, 11) is 1.62. The summed E-state index contributed by atoms with van der Waals surface area (Å²) in [5.74, 6) is 1.45. The molecule has 1 heterocycles. The van der Waals surface area contributed by atoms with Crippen LogP contribution in [0.3, 0.4) is 0 Å². The molecule has 0 aliphatic carbocycles. The molecular formula is C15H19N3O2. The minimum absolute atomic E-state index is 0.145. The van der Waals surface area contributed by atoms with Crippen molar-refractivity contribution in [1.29, 1.82) is 0 Å². The molecular weight excluding hydrogens is 254 g/mol. The van der Waals surface area contributed by atoms with Gasteiger partial charge in [0.25, 0.3) is 0 Å². The molecule has 106 valence electrons. The molecule has 0 bridgehead atoms. The zero-order valence-corrected chi connectivity index (χ0v) is 11.7. The zero-order chi connectivity index (χ0) is 14.4. The summed E-state index contributed by atoms with van der Waals surface area (Å²) >= 11 is 0. The monoisotopic (exact) mass is 273 g/mol. The van der Waals surface area contributed by atoms with Gasteiger partial charge in [-0.3, -0.25) is 0 Å². The quantitative estimate of drug-likeness (QED) is 0.875. The van der Waals surface area contributed by atoms with E-state index in [1.807, 2.05) is 24.3 Å². The van der Waals surface area contributed by atoms with Crippen molar-refractivity contribution in [2.45, 2.75) is 25.8 Å². The number of aromatic nitrogens is 2. The highest BCUT2D eigenvalue weighted by Crippen LogP contribution is 2.21. The van der Waals surface area contributed by atoms with E-state index in [-0.39, 0.29) is 6.04 Å². The van der Waals surface area contributed by atoms with Gasteiger partial charge >= 0.3 is 6.01 Å². The maximum Gasteiger partial charge on any atom is 0.321 e. The highest BCUT2D eigenvalue weighted by Gasteiger charge is 2.04. The predicted molar refractivity (Wildman–Crippen MR) is 77.1 cm³/mol. The largest absolute Gasteiger partial charge is 0.497 e. The number of benzene rings is 1. The Bertz CT molecular complexity index is 526. The van der Waals surface area contributed by atoms with Crippen LogP contribution in [-0.4, -0.2) is 23.1 Å². The molecule has 1 atom stereocenters. The van der Waals surface area contributed by atoms with E-state index in [9.17, 15) is 0 Å². The van der Waals surface area contributed by atoms with Gasteiger partial charge in [-0.05, 0) is 42.7 Å². The summed E-state index contributed by atoms with van der Waals surface area (Å²) in [6, 6.07) is 7.73. The highest BCUT2D eigenvalue weighted by atomic mass is 16.5. The van der Waals surface area contributed by atoms with Gasteiger partial charge in [-0.15, -0.1) is 0 Å². The van der Waals surface area contributed by atoms with Crippen LogP contribution in [0, 0.1) is 0 Å². The van der Waals surface area contributed by atoms with Crippen LogP contribution in [0.15, 0.2) is 36.7 Å². The molecule has 1 aromatic heterocycles. The standard InChI is InChI=1S/C15H19N3O2/c1-3-12(16)8-11-9-17-15(18-10-11)20-14-6-4-13(19-2)5-7-14/h4-7,9-10,12H,3,8,16H2,1-2H3. The van der Waals surface area contributed by atoms with Gasteiger partial charge in [0.15, 0.2) is 0 Å². The number of nitrogens with zero attached hydrogens (tertiary/aromatic N) is 2. The summed E-state index contributed by atoms with van der Waals surface area (Å²) in [4.78, 5) is 8.37.